The Morgan fingerprint density at radius 1 is 1.27 bits per heavy atom. The summed E-state index contributed by atoms with van der Waals surface area (Å²) >= 11 is 0. The van der Waals surface area contributed by atoms with Gasteiger partial charge in [-0.15, -0.1) is 0 Å². The average Bonchev–Trinajstić information content (AvgIpc) is 3.13. The molecule has 0 radical (unpaired) electrons. The Morgan fingerprint density at radius 3 is 2.62 bits per heavy atom. The zero-order valence-electron chi connectivity index (χ0n) is 15.2. The van der Waals surface area contributed by atoms with Gasteiger partial charge in [-0.1, -0.05) is 24.8 Å². The Labute approximate surface area is 153 Å². The van der Waals surface area contributed by atoms with Crippen molar-refractivity contribution in [3.8, 4) is 0 Å². The summed E-state index contributed by atoms with van der Waals surface area (Å²) in [6.07, 6.45) is 3.36. The molecular weight excluding hydrogens is 333 g/mol. The average molecular weight is 357 g/mol. The number of rotatable bonds is 4. The quantitative estimate of drug-likeness (QED) is 0.844. The number of allylic oxidation sites excluding steroid dienone is 1. The molecular formula is C19H24FN5O. The molecule has 1 aliphatic heterocycles. The third-order valence-corrected chi connectivity index (χ3v) is 4.72. The Bertz CT molecular complexity index is 795. The van der Waals surface area contributed by atoms with Gasteiger partial charge in [-0.3, -0.25) is 4.90 Å². The van der Waals surface area contributed by atoms with E-state index in [4.69, 9.17) is 0 Å². The number of hydrogen-bond donors (Lipinski definition) is 0. The van der Waals surface area contributed by atoms with Gasteiger partial charge in [0.2, 0.25) is 0 Å². The van der Waals surface area contributed by atoms with Crippen molar-refractivity contribution in [2.24, 2.45) is 0 Å². The number of carbonyl (C=O) groups excluding carboxylic acids is 1. The first kappa shape index (κ1) is 18.1. The molecule has 0 unspecified atom stereocenters. The van der Waals surface area contributed by atoms with Crippen LogP contribution in [0.1, 0.15) is 12.5 Å². The van der Waals surface area contributed by atoms with Gasteiger partial charge in [-0.2, -0.15) is 9.78 Å². The summed E-state index contributed by atoms with van der Waals surface area (Å²) in [6, 6.07) is 6.67. The maximum Gasteiger partial charge on any atom is 0.344 e. The van der Waals surface area contributed by atoms with E-state index < -0.39 is 0 Å². The number of amides is 1. The molecule has 0 spiro atoms. The molecule has 1 aliphatic rings. The molecule has 0 bridgehead atoms. The van der Waals surface area contributed by atoms with Crippen molar-refractivity contribution >= 4 is 11.7 Å². The molecule has 3 rings (SSSR count). The van der Waals surface area contributed by atoms with Gasteiger partial charge in [0.1, 0.15) is 5.82 Å². The lowest BCUT2D eigenvalue weighted by Gasteiger charge is -2.34. The van der Waals surface area contributed by atoms with Crippen molar-refractivity contribution in [2.75, 3.05) is 38.1 Å². The molecule has 1 aromatic heterocycles. The van der Waals surface area contributed by atoms with Gasteiger partial charge in [-0.25, -0.2) is 9.18 Å². The molecule has 2 aromatic rings. The van der Waals surface area contributed by atoms with Gasteiger partial charge in [0.15, 0.2) is 0 Å². The number of piperazine rings is 1. The lowest BCUT2D eigenvalue weighted by molar-refractivity contribution is 0.133. The van der Waals surface area contributed by atoms with Crippen LogP contribution in [-0.2, 0) is 6.54 Å². The van der Waals surface area contributed by atoms with Crippen LogP contribution in [-0.4, -0.2) is 58.8 Å². The summed E-state index contributed by atoms with van der Waals surface area (Å²) in [7, 11) is 1.88. The highest BCUT2D eigenvalue weighted by Gasteiger charge is 2.23. The van der Waals surface area contributed by atoms with Crippen LogP contribution in [0.5, 0.6) is 0 Å². The number of halogens is 1. The zero-order chi connectivity index (χ0) is 18.7. The van der Waals surface area contributed by atoms with E-state index >= 15 is 0 Å². The highest BCUT2D eigenvalue weighted by atomic mass is 19.1. The molecule has 138 valence electrons. The first-order chi connectivity index (χ1) is 12.5. The van der Waals surface area contributed by atoms with Crippen molar-refractivity contribution in [1.82, 2.24) is 19.6 Å². The van der Waals surface area contributed by atoms with Crippen LogP contribution in [0.4, 0.5) is 14.9 Å². The minimum atomic E-state index is -0.184. The van der Waals surface area contributed by atoms with Crippen molar-refractivity contribution in [3.05, 3.63) is 60.3 Å². The predicted octanol–water partition coefficient (Wildman–Crippen LogP) is 2.78. The lowest BCUT2D eigenvalue weighted by Crippen LogP contribution is -2.49. The Hall–Kier alpha value is -2.67. The fraction of sp³-hybridized carbons (Fsp3) is 0.368. The first-order valence-electron chi connectivity index (χ1n) is 8.64. The Kier molecular flexibility index (Phi) is 5.37. The third kappa shape index (κ3) is 3.94. The smallest absolute Gasteiger partial charge is 0.344 e. The Balaban J connectivity index is 1.57. The summed E-state index contributed by atoms with van der Waals surface area (Å²) in [5.41, 5.74) is 2.38. The molecule has 26 heavy (non-hydrogen) atoms. The second kappa shape index (κ2) is 7.70. The molecule has 0 atom stereocenters. The van der Waals surface area contributed by atoms with E-state index in [1.54, 1.807) is 29.4 Å². The maximum atomic E-state index is 13.8. The van der Waals surface area contributed by atoms with E-state index in [0.29, 0.717) is 38.3 Å². The molecule has 1 saturated heterocycles. The van der Waals surface area contributed by atoms with Crippen LogP contribution in [0.15, 0.2) is 48.9 Å². The SMILES string of the molecule is C=C(C)N(C)c1cnn(C(=O)N2CCN(Cc3ccccc3F)CC2)c1. The van der Waals surface area contributed by atoms with Crippen LogP contribution in [0, 0.1) is 5.82 Å². The normalized spacial score (nSPS) is 15.1. The standard InChI is InChI=1S/C19H24FN5O/c1-15(2)22(3)17-12-21-25(14-17)19(26)24-10-8-23(9-11-24)13-16-6-4-5-7-18(16)20/h4-7,12,14H,1,8-11,13H2,2-3H3. The van der Waals surface area contributed by atoms with E-state index in [1.165, 1.54) is 10.7 Å². The summed E-state index contributed by atoms with van der Waals surface area (Å²) in [5, 5.41) is 4.17. The summed E-state index contributed by atoms with van der Waals surface area (Å²) in [5.74, 6) is -0.184. The van der Waals surface area contributed by atoms with Gasteiger partial charge in [0.05, 0.1) is 18.1 Å². The van der Waals surface area contributed by atoms with Crippen molar-refractivity contribution < 1.29 is 9.18 Å². The number of benzene rings is 1. The number of hydrogen-bond acceptors (Lipinski definition) is 4. The van der Waals surface area contributed by atoms with Crippen LogP contribution in [0.2, 0.25) is 0 Å². The highest BCUT2D eigenvalue weighted by Crippen LogP contribution is 2.16. The molecule has 1 amide bonds. The maximum absolute atomic E-state index is 13.8. The molecule has 2 heterocycles. The highest BCUT2D eigenvalue weighted by molar-refractivity contribution is 5.77. The van der Waals surface area contributed by atoms with E-state index in [2.05, 4.69) is 16.6 Å². The Morgan fingerprint density at radius 2 is 1.96 bits per heavy atom. The molecule has 6 nitrogen and oxygen atoms in total. The van der Waals surface area contributed by atoms with Crippen molar-refractivity contribution in [3.63, 3.8) is 0 Å². The number of aromatic nitrogens is 2. The van der Waals surface area contributed by atoms with Crippen LogP contribution >= 0.6 is 0 Å². The van der Waals surface area contributed by atoms with Crippen LogP contribution in [0.25, 0.3) is 0 Å². The van der Waals surface area contributed by atoms with Gasteiger partial charge in [-0.05, 0) is 13.0 Å². The number of carbonyl (C=O) groups is 1. The molecule has 0 saturated carbocycles. The van der Waals surface area contributed by atoms with E-state index in [0.717, 1.165) is 11.4 Å². The lowest BCUT2D eigenvalue weighted by atomic mass is 10.2. The molecule has 7 heteroatoms. The summed E-state index contributed by atoms with van der Waals surface area (Å²) < 4.78 is 15.1. The number of nitrogens with zero attached hydrogens (tertiary/aromatic N) is 5. The van der Waals surface area contributed by atoms with E-state index in [9.17, 15) is 9.18 Å². The van der Waals surface area contributed by atoms with Crippen LogP contribution < -0.4 is 4.90 Å². The van der Waals surface area contributed by atoms with Gasteiger partial charge in [0.25, 0.3) is 0 Å². The van der Waals surface area contributed by atoms with Crippen LogP contribution in [0.3, 0.4) is 0 Å². The van der Waals surface area contributed by atoms with Crippen molar-refractivity contribution in [1.29, 1.82) is 0 Å². The molecule has 0 N–H and O–H groups in total. The monoisotopic (exact) mass is 357 g/mol. The fourth-order valence-electron chi connectivity index (χ4n) is 2.92. The second-order valence-corrected chi connectivity index (χ2v) is 6.57. The molecule has 1 fully saturated rings. The van der Waals surface area contributed by atoms with Gasteiger partial charge < -0.3 is 9.80 Å². The molecule has 0 aliphatic carbocycles. The van der Waals surface area contributed by atoms with E-state index in [1.807, 2.05) is 24.9 Å². The van der Waals surface area contributed by atoms with Gasteiger partial charge in [0, 0.05) is 51.0 Å². The predicted molar refractivity (Wildman–Crippen MR) is 99.5 cm³/mol. The first-order valence-corrected chi connectivity index (χ1v) is 8.64. The van der Waals surface area contributed by atoms with Gasteiger partial charge >= 0.3 is 6.03 Å². The minimum Gasteiger partial charge on any atom is -0.347 e. The van der Waals surface area contributed by atoms with E-state index in [-0.39, 0.29) is 11.8 Å². The number of anilines is 1. The second-order valence-electron chi connectivity index (χ2n) is 6.57. The zero-order valence-corrected chi connectivity index (χ0v) is 15.2. The van der Waals surface area contributed by atoms with Crippen molar-refractivity contribution in [2.45, 2.75) is 13.5 Å². The third-order valence-electron chi connectivity index (χ3n) is 4.72. The summed E-state index contributed by atoms with van der Waals surface area (Å²) in [6.45, 7) is 8.95. The summed E-state index contributed by atoms with van der Waals surface area (Å²) in [4.78, 5) is 18.4. The minimum absolute atomic E-state index is 0.142. The fourth-order valence-corrected chi connectivity index (χ4v) is 2.92. The molecule has 1 aromatic carbocycles. The topological polar surface area (TPSA) is 44.6 Å². The largest absolute Gasteiger partial charge is 0.347 e.